The summed E-state index contributed by atoms with van der Waals surface area (Å²) in [5, 5.41) is 16.0. The average Bonchev–Trinajstić information content (AvgIpc) is 3.02. The SMILES string of the molecule is CCOc1ccc(C2CC(c3ccccc3O)=NN2C(C)=O)cc1. The zero-order valence-electron chi connectivity index (χ0n) is 13.8. The van der Waals surface area contributed by atoms with Gasteiger partial charge in [0, 0.05) is 18.9 Å². The highest BCUT2D eigenvalue weighted by Gasteiger charge is 2.32. The number of hydrogen-bond acceptors (Lipinski definition) is 4. The van der Waals surface area contributed by atoms with Gasteiger partial charge in [0.25, 0.3) is 0 Å². The Kier molecular flexibility index (Phi) is 4.51. The van der Waals surface area contributed by atoms with E-state index in [0.29, 0.717) is 24.3 Å². The van der Waals surface area contributed by atoms with Gasteiger partial charge in [-0.1, -0.05) is 24.3 Å². The lowest BCUT2D eigenvalue weighted by molar-refractivity contribution is -0.130. The van der Waals surface area contributed by atoms with Crippen LogP contribution in [0.2, 0.25) is 0 Å². The van der Waals surface area contributed by atoms with Gasteiger partial charge in [0.1, 0.15) is 11.5 Å². The fourth-order valence-electron chi connectivity index (χ4n) is 2.89. The predicted molar refractivity (Wildman–Crippen MR) is 92.1 cm³/mol. The van der Waals surface area contributed by atoms with E-state index in [2.05, 4.69) is 5.10 Å². The molecule has 0 saturated carbocycles. The molecule has 0 aliphatic carbocycles. The summed E-state index contributed by atoms with van der Waals surface area (Å²) in [4.78, 5) is 12.0. The summed E-state index contributed by atoms with van der Waals surface area (Å²) >= 11 is 0. The van der Waals surface area contributed by atoms with Crippen LogP contribution in [0.5, 0.6) is 11.5 Å². The number of hydrazone groups is 1. The second-order valence-corrected chi connectivity index (χ2v) is 5.65. The number of amides is 1. The Labute approximate surface area is 141 Å². The summed E-state index contributed by atoms with van der Waals surface area (Å²) < 4.78 is 5.46. The van der Waals surface area contributed by atoms with Gasteiger partial charge in [-0.25, -0.2) is 5.01 Å². The van der Waals surface area contributed by atoms with Crippen molar-refractivity contribution in [2.24, 2.45) is 5.10 Å². The first-order valence-electron chi connectivity index (χ1n) is 7.98. The summed E-state index contributed by atoms with van der Waals surface area (Å²) in [7, 11) is 0. The van der Waals surface area contributed by atoms with Crippen molar-refractivity contribution in [3.8, 4) is 11.5 Å². The third kappa shape index (κ3) is 3.11. The maximum atomic E-state index is 12.0. The van der Waals surface area contributed by atoms with Crippen LogP contribution in [-0.2, 0) is 4.79 Å². The van der Waals surface area contributed by atoms with Crippen molar-refractivity contribution < 1.29 is 14.6 Å². The maximum Gasteiger partial charge on any atom is 0.240 e. The molecule has 1 unspecified atom stereocenters. The molecule has 0 radical (unpaired) electrons. The van der Waals surface area contributed by atoms with Gasteiger partial charge in [-0.2, -0.15) is 5.10 Å². The first kappa shape index (κ1) is 16.1. The van der Waals surface area contributed by atoms with Crippen LogP contribution >= 0.6 is 0 Å². The van der Waals surface area contributed by atoms with Crippen molar-refractivity contribution in [3.05, 3.63) is 59.7 Å². The number of aromatic hydroxyl groups is 1. The molecular weight excluding hydrogens is 304 g/mol. The first-order chi connectivity index (χ1) is 11.6. The van der Waals surface area contributed by atoms with E-state index in [1.807, 2.05) is 43.3 Å². The summed E-state index contributed by atoms with van der Waals surface area (Å²) in [6, 6.07) is 14.6. The molecule has 3 rings (SSSR count). The Bertz CT molecular complexity index is 768. The smallest absolute Gasteiger partial charge is 0.240 e. The second kappa shape index (κ2) is 6.74. The lowest BCUT2D eigenvalue weighted by atomic mass is 9.98. The molecule has 1 aliphatic heterocycles. The van der Waals surface area contributed by atoms with Crippen LogP contribution in [0.1, 0.15) is 37.4 Å². The van der Waals surface area contributed by atoms with Crippen LogP contribution in [0.25, 0.3) is 0 Å². The standard InChI is InChI=1S/C19H20N2O3/c1-3-24-15-10-8-14(9-11-15)18-12-17(20-21(18)13(2)22)16-6-4-5-7-19(16)23/h4-11,18,23H,3,12H2,1-2H3. The van der Waals surface area contributed by atoms with Crippen molar-refractivity contribution in [2.75, 3.05) is 6.61 Å². The molecule has 2 aromatic rings. The molecule has 5 nitrogen and oxygen atoms in total. The van der Waals surface area contributed by atoms with E-state index in [9.17, 15) is 9.90 Å². The Morgan fingerprint density at radius 1 is 1.25 bits per heavy atom. The molecule has 1 amide bonds. The number of para-hydroxylation sites is 1. The monoisotopic (exact) mass is 324 g/mol. The molecule has 1 atom stereocenters. The van der Waals surface area contributed by atoms with Crippen molar-refractivity contribution >= 4 is 11.6 Å². The fraction of sp³-hybridized carbons (Fsp3) is 0.263. The fourth-order valence-corrected chi connectivity index (χ4v) is 2.89. The topological polar surface area (TPSA) is 62.1 Å². The van der Waals surface area contributed by atoms with Crippen molar-refractivity contribution in [2.45, 2.75) is 26.3 Å². The summed E-state index contributed by atoms with van der Waals surface area (Å²) in [5.41, 5.74) is 2.36. The lowest BCUT2D eigenvalue weighted by Crippen LogP contribution is -2.24. The molecule has 1 N–H and O–H groups in total. The minimum Gasteiger partial charge on any atom is -0.507 e. The number of carbonyl (C=O) groups is 1. The minimum atomic E-state index is -0.173. The van der Waals surface area contributed by atoms with Gasteiger partial charge in [0.2, 0.25) is 5.91 Å². The van der Waals surface area contributed by atoms with Gasteiger partial charge in [0.15, 0.2) is 0 Å². The third-order valence-electron chi connectivity index (χ3n) is 4.02. The molecule has 0 fully saturated rings. The number of carbonyl (C=O) groups excluding carboxylic acids is 1. The molecule has 5 heteroatoms. The Morgan fingerprint density at radius 3 is 2.58 bits per heavy atom. The summed E-state index contributed by atoms with van der Waals surface area (Å²) in [6.45, 7) is 4.05. The normalized spacial score (nSPS) is 16.8. The zero-order chi connectivity index (χ0) is 17.1. The highest BCUT2D eigenvalue weighted by Crippen LogP contribution is 2.35. The van der Waals surface area contributed by atoms with Crippen LogP contribution < -0.4 is 4.74 Å². The molecule has 0 spiro atoms. The van der Waals surface area contributed by atoms with Gasteiger partial charge in [-0.3, -0.25) is 4.79 Å². The Morgan fingerprint density at radius 2 is 1.96 bits per heavy atom. The number of phenolic OH excluding ortho intramolecular Hbond substituents is 1. The highest BCUT2D eigenvalue weighted by molar-refractivity contribution is 6.05. The second-order valence-electron chi connectivity index (χ2n) is 5.65. The first-order valence-corrected chi connectivity index (χ1v) is 7.98. The van der Waals surface area contributed by atoms with E-state index < -0.39 is 0 Å². The van der Waals surface area contributed by atoms with Gasteiger partial charge in [-0.05, 0) is 36.8 Å². The van der Waals surface area contributed by atoms with Crippen molar-refractivity contribution in [1.82, 2.24) is 5.01 Å². The number of hydrogen-bond donors (Lipinski definition) is 1. The number of nitrogens with zero attached hydrogens (tertiary/aromatic N) is 2. The number of ether oxygens (including phenoxy) is 1. The van der Waals surface area contributed by atoms with Crippen molar-refractivity contribution in [3.63, 3.8) is 0 Å². The Hall–Kier alpha value is -2.82. The largest absolute Gasteiger partial charge is 0.507 e. The highest BCUT2D eigenvalue weighted by atomic mass is 16.5. The van der Waals surface area contributed by atoms with Crippen LogP contribution in [0.4, 0.5) is 0 Å². The van der Waals surface area contributed by atoms with Crippen LogP contribution in [0.3, 0.4) is 0 Å². The predicted octanol–water partition coefficient (Wildman–Crippen LogP) is 3.49. The summed E-state index contributed by atoms with van der Waals surface area (Å²) in [6.07, 6.45) is 0.561. The van der Waals surface area contributed by atoms with E-state index >= 15 is 0 Å². The molecule has 124 valence electrons. The van der Waals surface area contributed by atoms with Gasteiger partial charge < -0.3 is 9.84 Å². The van der Waals surface area contributed by atoms with E-state index in [0.717, 1.165) is 11.3 Å². The third-order valence-corrected chi connectivity index (χ3v) is 4.02. The average molecular weight is 324 g/mol. The van der Waals surface area contributed by atoms with Crippen LogP contribution in [0.15, 0.2) is 53.6 Å². The van der Waals surface area contributed by atoms with Gasteiger partial charge in [-0.15, -0.1) is 0 Å². The molecule has 0 bridgehead atoms. The van der Waals surface area contributed by atoms with E-state index in [1.165, 1.54) is 11.9 Å². The molecule has 24 heavy (non-hydrogen) atoms. The van der Waals surface area contributed by atoms with E-state index in [4.69, 9.17) is 4.74 Å². The van der Waals surface area contributed by atoms with E-state index in [-0.39, 0.29) is 17.7 Å². The number of rotatable bonds is 4. The quantitative estimate of drug-likeness (QED) is 0.936. The van der Waals surface area contributed by atoms with Crippen LogP contribution in [-0.4, -0.2) is 28.3 Å². The number of benzene rings is 2. The molecule has 0 aromatic heterocycles. The molecule has 1 aliphatic rings. The Balaban J connectivity index is 1.89. The molecule has 2 aromatic carbocycles. The lowest BCUT2D eigenvalue weighted by Gasteiger charge is -2.20. The number of phenols is 1. The van der Waals surface area contributed by atoms with Crippen molar-refractivity contribution in [1.29, 1.82) is 0 Å². The van der Waals surface area contributed by atoms with Crippen LogP contribution in [0, 0.1) is 0 Å². The molecular formula is C19H20N2O3. The minimum absolute atomic E-state index is 0.126. The molecule has 1 heterocycles. The molecule has 0 saturated heterocycles. The maximum absolute atomic E-state index is 12.0. The summed E-state index contributed by atoms with van der Waals surface area (Å²) in [5.74, 6) is 0.849. The van der Waals surface area contributed by atoms with Gasteiger partial charge in [0.05, 0.1) is 18.4 Å². The zero-order valence-corrected chi connectivity index (χ0v) is 13.8. The van der Waals surface area contributed by atoms with Gasteiger partial charge >= 0.3 is 0 Å². The van der Waals surface area contributed by atoms with E-state index in [1.54, 1.807) is 12.1 Å².